The molecule has 0 saturated heterocycles. The minimum Gasteiger partial charge on any atom is -0.375 e. The Morgan fingerprint density at radius 1 is 0.545 bits per heavy atom. The molecule has 0 atom stereocenters. The van der Waals surface area contributed by atoms with Gasteiger partial charge in [0.15, 0.2) is 0 Å². The van der Waals surface area contributed by atoms with E-state index in [9.17, 15) is 14.4 Å². The largest absolute Gasteiger partial charge is 0.537 e. The molecule has 22 heavy (non-hydrogen) atoms. The number of carbonyl (C=O) groups is 3. The second-order valence-corrected chi connectivity index (χ2v) is 9.10. The van der Waals surface area contributed by atoms with E-state index in [1.807, 2.05) is 0 Å². The fourth-order valence-electron chi connectivity index (χ4n) is 0.670. The van der Waals surface area contributed by atoms with Crippen molar-refractivity contribution in [3.63, 3.8) is 0 Å². The third-order valence-corrected chi connectivity index (χ3v) is 3.25. The van der Waals surface area contributed by atoms with Crippen molar-refractivity contribution in [2.45, 2.75) is 62.3 Å². The molecule has 0 amide bonds. The molecule has 0 aromatic carbocycles. The lowest BCUT2D eigenvalue weighted by Gasteiger charge is -2.25. The summed E-state index contributed by atoms with van der Waals surface area (Å²) in [7, 11) is -2.42. The number of hydrogen-bond acceptors (Lipinski definition) is 6. The Kier molecular flexibility index (Phi) is 6.58. The zero-order chi connectivity index (χ0) is 17.9. The van der Waals surface area contributed by atoms with Crippen molar-refractivity contribution >= 4 is 26.5 Å². The van der Waals surface area contributed by atoms with E-state index in [-0.39, 0.29) is 0 Å². The Morgan fingerprint density at radius 2 is 0.727 bits per heavy atom. The molecule has 0 bridgehead atoms. The Bertz CT molecular complexity index is 370. The third kappa shape index (κ3) is 7.21. The molecule has 6 nitrogen and oxygen atoms in total. The third-order valence-electron chi connectivity index (χ3n) is 2.31. The van der Waals surface area contributed by atoms with Crippen molar-refractivity contribution in [3.8, 4) is 0 Å². The quantitative estimate of drug-likeness (QED) is 0.726. The first kappa shape index (κ1) is 20.8. The average Bonchev–Trinajstić information content (AvgIpc) is 2.24. The summed E-state index contributed by atoms with van der Waals surface area (Å²) in [6, 6.07) is 0. The number of hydrogen-bond donors (Lipinski definition) is 0. The Balaban J connectivity index is 5.12. The summed E-state index contributed by atoms with van der Waals surface area (Å²) in [6.07, 6.45) is 0. The molecule has 0 aliphatic rings. The van der Waals surface area contributed by atoms with Crippen LogP contribution in [0.2, 0.25) is 0 Å². The summed E-state index contributed by atoms with van der Waals surface area (Å²) < 4.78 is 15.3. The monoisotopic (exact) mass is 334 g/mol. The second-order valence-electron chi connectivity index (χ2n) is 8.11. The molecule has 7 heteroatoms. The van der Waals surface area contributed by atoms with Crippen molar-refractivity contribution in [3.05, 3.63) is 0 Å². The van der Waals surface area contributed by atoms with Crippen molar-refractivity contribution in [2.24, 2.45) is 16.2 Å². The van der Waals surface area contributed by atoms with E-state index >= 15 is 0 Å². The van der Waals surface area contributed by atoms with Gasteiger partial charge >= 0.3 is 26.5 Å². The highest BCUT2D eigenvalue weighted by Crippen LogP contribution is 2.45. The van der Waals surface area contributed by atoms with Gasteiger partial charge in [-0.25, -0.2) is 0 Å². The van der Waals surface area contributed by atoms with Gasteiger partial charge in [-0.3, -0.25) is 14.4 Å². The molecule has 0 N–H and O–H groups in total. The number of carbonyl (C=O) groups excluding carboxylic acids is 3. The highest BCUT2D eigenvalue weighted by molar-refractivity contribution is 7.43. The molecular formula is C15H27O6P. The van der Waals surface area contributed by atoms with Crippen LogP contribution < -0.4 is 0 Å². The summed E-state index contributed by atoms with van der Waals surface area (Å²) in [6.45, 7) is 14.9. The molecule has 0 saturated carbocycles. The first-order valence-electron chi connectivity index (χ1n) is 7.02. The Hall–Kier alpha value is -1.16. The fraction of sp³-hybridized carbons (Fsp3) is 0.800. The van der Waals surface area contributed by atoms with Gasteiger partial charge in [0.2, 0.25) is 0 Å². The van der Waals surface area contributed by atoms with Crippen LogP contribution in [0.1, 0.15) is 62.3 Å². The lowest BCUT2D eigenvalue weighted by Crippen LogP contribution is -2.28. The topological polar surface area (TPSA) is 78.9 Å². The van der Waals surface area contributed by atoms with Gasteiger partial charge in [-0.1, -0.05) is 0 Å². The van der Waals surface area contributed by atoms with E-state index in [1.165, 1.54) is 0 Å². The molecule has 128 valence electrons. The van der Waals surface area contributed by atoms with E-state index in [2.05, 4.69) is 0 Å². The molecule has 0 unspecified atom stereocenters. The molecule has 0 rings (SSSR count). The van der Waals surface area contributed by atoms with Gasteiger partial charge in [0.05, 0.1) is 16.2 Å². The van der Waals surface area contributed by atoms with Gasteiger partial charge in [0.1, 0.15) is 0 Å². The van der Waals surface area contributed by atoms with Gasteiger partial charge in [-0.15, -0.1) is 0 Å². The lowest BCUT2D eigenvalue weighted by molar-refractivity contribution is -0.152. The van der Waals surface area contributed by atoms with Crippen LogP contribution >= 0.6 is 8.60 Å². The first-order valence-corrected chi connectivity index (χ1v) is 8.12. The standard InChI is InChI=1S/C15H27O6P/c1-13(2,3)10(16)19-22(20-11(17)14(4,5)6)21-12(18)15(7,8)9/h1-9H3. The van der Waals surface area contributed by atoms with Crippen molar-refractivity contribution in [1.82, 2.24) is 0 Å². The normalized spacial score (nSPS) is 12.8. The zero-order valence-corrected chi connectivity index (χ0v) is 15.8. The number of rotatable bonds is 3. The lowest BCUT2D eigenvalue weighted by atomic mass is 9.98. The summed E-state index contributed by atoms with van der Waals surface area (Å²) >= 11 is 0. The molecule has 0 aromatic heterocycles. The molecule has 0 aliphatic heterocycles. The molecule has 0 spiro atoms. The summed E-state index contributed by atoms with van der Waals surface area (Å²) in [5.41, 5.74) is -2.41. The highest BCUT2D eigenvalue weighted by Gasteiger charge is 2.38. The molecular weight excluding hydrogens is 307 g/mol. The van der Waals surface area contributed by atoms with Gasteiger partial charge in [-0.2, -0.15) is 0 Å². The zero-order valence-electron chi connectivity index (χ0n) is 14.9. The predicted octanol–water partition coefficient (Wildman–Crippen LogP) is 3.98. The van der Waals surface area contributed by atoms with E-state index in [0.29, 0.717) is 0 Å². The smallest absolute Gasteiger partial charge is 0.375 e. The minimum atomic E-state index is -2.42. The van der Waals surface area contributed by atoms with Crippen molar-refractivity contribution in [1.29, 1.82) is 0 Å². The summed E-state index contributed by atoms with van der Waals surface area (Å²) in [5.74, 6) is -1.83. The van der Waals surface area contributed by atoms with Crippen LogP contribution in [0.5, 0.6) is 0 Å². The average molecular weight is 334 g/mol. The predicted molar refractivity (Wildman–Crippen MR) is 83.6 cm³/mol. The minimum absolute atomic E-state index is 0.609. The van der Waals surface area contributed by atoms with E-state index in [1.54, 1.807) is 62.3 Å². The molecule has 0 aliphatic carbocycles. The van der Waals surface area contributed by atoms with Crippen LogP contribution in [0, 0.1) is 16.2 Å². The molecule has 0 aromatic rings. The van der Waals surface area contributed by atoms with Crippen LogP contribution in [0.3, 0.4) is 0 Å². The van der Waals surface area contributed by atoms with Crippen molar-refractivity contribution < 1.29 is 28.0 Å². The van der Waals surface area contributed by atoms with Gasteiger partial charge in [0, 0.05) is 0 Å². The Labute approximate surface area is 133 Å². The molecule has 0 radical (unpaired) electrons. The van der Waals surface area contributed by atoms with E-state index in [0.717, 1.165) is 0 Å². The van der Waals surface area contributed by atoms with Crippen LogP contribution in [0.4, 0.5) is 0 Å². The Morgan fingerprint density at radius 3 is 0.864 bits per heavy atom. The molecule has 0 heterocycles. The second kappa shape index (κ2) is 6.95. The van der Waals surface area contributed by atoms with Crippen LogP contribution in [-0.2, 0) is 28.0 Å². The van der Waals surface area contributed by atoms with Gasteiger partial charge in [0.25, 0.3) is 0 Å². The maximum Gasteiger partial charge on any atom is 0.537 e. The highest BCUT2D eigenvalue weighted by atomic mass is 31.2. The molecule has 0 fully saturated rings. The summed E-state index contributed by atoms with van der Waals surface area (Å²) in [4.78, 5) is 35.8. The summed E-state index contributed by atoms with van der Waals surface area (Å²) in [5, 5.41) is 0. The SMILES string of the molecule is CC(C)(C)C(=O)OP(OC(=O)C(C)(C)C)OC(=O)C(C)(C)C. The van der Waals surface area contributed by atoms with Gasteiger partial charge < -0.3 is 13.6 Å². The van der Waals surface area contributed by atoms with E-state index < -0.39 is 42.8 Å². The maximum absolute atomic E-state index is 11.9. The maximum atomic E-state index is 11.9. The van der Waals surface area contributed by atoms with Crippen LogP contribution in [-0.4, -0.2) is 17.9 Å². The van der Waals surface area contributed by atoms with Crippen LogP contribution in [0.25, 0.3) is 0 Å². The van der Waals surface area contributed by atoms with Gasteiger partial charge in [-0.05, 0) is 62.3 Å². The van der Waals surface area contributed by atoms with Crippen LogP contribution in [0.15, 0.2) is 0 Å². The van der Waals surface area contributed by atoms with E-state index in [4.69, 9.17) is 13.6 Å². The van der Waals surface area contributed by atoms with Crippen molar-refractivity contribution in [2.75, 3.05) is 0 Å². The fourth-order valence-corrected chi connectivity index (χ4v) is 2.01. The first-order chi connectivity index (χ1) is 9.55.